The summed E-state index contributed by atoms with van der Waals surface area (Å²) in [5.41, 5.74) is 2.91. The lowest BCUT2D eigenvalue weighted by atomic mass is 10.1. The highest BCUT2D eigenvalue weighted by molar-refractivity contribution is 8.18. The van der Waals surface area contributed by atoms with Gasteiger partial charge in [-0.05, 0) is 35.5 Å². The number of hydrogen-bond donors (Lipinski definition) is 1. The molecule has 6 heteroatoms. The van der Waals surface area contributed by atoms with E-state index in [1.165, 1.54) is 0 Å². The van der Waals surface area contributed by atoms with Crippen molar-refractivity contribution in [2.75, 3.05) is 0 Å². The maximum Gasteiger partial charge on any atom is 0.290 e. The largest absolute Gasteiger partial charge is 0.290 e. The number of thiazole rings is 1. The van der Waals surface area contributed by atoms with Crippen molar-refractivity contribution in [1.29, 1.82) is 0 Å². The van der Waals surface area contributed by atoms with Crippen LogP contribution in [-0.2, 0) is 4.79 Å². The van der Waals surface area contributed by atoms with Crippen molar-refractivity contribution in [3.8, 4) is 10.6 Å². The Morgan fingerprint density at radius 3 is 2.48 bits per heavy atom. The normalized spacial score (nSPS) is 16.3. The Morgan fingerprint density at radius 2 is 1.78 bits per heavy atom. The van der Waals surface area contributed by atoms with Crippen molar-refractivity contribution in [3.05, 3.63) is 59.0 Å². The fourth-order valence-electron chi connectivity index (χ4n) is 2.29. The quantitative estimate of drug-likeness (QED) is 0.708. The van der Waals surface area contributed by atoms with Gasteiger partial charge in [-0.25, -0.2) is 4.98 Å². The van der Waals surface area contributed by atoms with E-state index in [4.69, 9.17) is 0 Å². The van der Waals surface area contributed by atoms with Gasteiger partial charge in [0.2, 0.25) is 0 Å². The van der Waals surface area contributed by atoms with Gasteiger partial charge < -0.3 is 0 Å². The lowest BCUT2D eigenvalue weighted by Crippen LogP contribution is -2.17. The number of para-hydroxylation sites is 1. The van der Waals surface area contributed by atoms with Crippen LogP contribution in [0.15, 0.2) is 53.4 Å². The van der Waals surface area contributed by atoms with Crippen molar-refractivity contribution in [2.24, 2.45) is 0 Å². The molecule has 1 saturated heterocycles. The van der Waals surface area contributed by atoms with Crippen LogP contribution in [0.1, 0.15) is 5.56 Å². The van der Waals surface area contributed by atoms with E-state index in [1.807, 2.05) is 42.5 Å². The summed E-state index contributed by atoms with van der Waals surface area (Å²) in [5, 5.41) is 2.89. The van der Waals surface area contributed by atoms with Gasteiger partial charge in [0, 0.05) is 5.56 Å². The summed E-state index contributed by atoms with van der Waals surface area (Å²) < 4.78 is 1.16. The predicted molar refractivity (Wildman–Crippen MR) is 94.2 cm³/mol. The topological polar surface area (TPSA) is 59.1 Å². The van der Waals surface area contributed by atoms with E-state index in [-0.39, 0.29) is 11.1 Å². The first-order valence-electron chi connectivity index (χ1n) is 6.90. The molecular formula is C17H10N2O2S2. The monoisotopic (exact) mass is 338 g/mol. The van der Waals surface area contributed by atoms with Crippen LogP contribution in [0.4, 0.5) is 4.79 Å². The van der Waals surface area contributed by atoms with Crippen molar-refractivity contribution in [1.82, 2.24) is 10.3 Å². The van der Waals surface area contributed by atoms with Gasteiger partial charge in [0.1, 0.15) is 5.01 Å². The van der Waals surface area contributed by atoms with E-state index in [2.05, 4.69) is 16.4 Å². The van der Waals surface area contributed by atoms with Gasteiger partial charge >= 0.3 is 0 Å². The van der Waals surface area contributed by atoms with Crippen LogP contribution >= 0.6 is 23.1 Å². The molecule has 1 aromatic heterocycles. The van der Waals surface area contributed by atoms with E-state index in [0.717, 1.165) is 38.1 Å². The highest BCUT2D eigenvalue weighted by Gasteiger charge is 2.24. The smallest absolute Gasteiger partial charge is 0.282 e. The van der Waals surface area contributed by atoms with Crippen LogP contribution in [0, 0.1) is 0 Å². The highest BCUT2D eigenvalue weighted by Crippen LogP contribution is 2.31. The van der Waals surface area contributed by atoms with E-state index in [0.29, 0.717) is 4.91 Å². The average Bonchev–Trinajstić information content (AvgIpc) is 3.11. The lowest BCUT2D eigenvalue weighted by Gasteiger charge is -1.98. The molecule has 0 atom stereocenters. The zero-order chi connectivity index (χ0) is 15.8. The van der Waals surface area contributed by atoms with E-state index in [9.17, 15) is 9.59 Å². The zero-order valence-electron chi connectivity index (χ0n) is 11.8. The fraction of sp³-hybridized carbons (Fsp3) is 0. The van der Waals surface area contributed by atoms with Gasteiger partial charge in [0.15, 0.2) is 0 Å². The maximum atomic E-state index is 11.5. The van der Waals surface area contributed by atoms with Crippen molar-refractivity contribution >= 4 is 50.5 Å². The molecule has 0 unspecified atom stereocenters. The predicted octanol–water partition coefficient (Wildman–Crippen LogP) is 4.29. The van der Waals surface area contributed by atoms with Gasteiger partial charge in [-0.15, -0.1) is 11.3 Å². The summed E-state index contributed by atoms with van der Waals surface area (Å²) in [5.74, 6) is -0.338. The van der Waals surface area contributed by atoms with Gasteiger partial charge in [-0.3, -0.25) is 14.9 Å². The second-order valence-corrected chi connectivity index (χ2v) is 7.01. The summed E-state index contributed by atoms with van der Waals surface area (Å²) in [6.45, 7) is 0. The van der Waals surface area contributed by atoms with Gasteiger partial charge in [-0.2, -0.15) is 0 Å². The Kier molecular flexibility index (Phi) is 3.48. The van der Waals surface area contributed by atoms with Crippen LogP contribution in [0.5, 0.6) is 0 Å². The van der Waals surface area contributed by atoms with E-state index < -0.39 is 0 Å². The molecule has 4 nitrogen and oxygen atoms in total. The number of aromatic nitrogens is 1. The number of amides is 2. The molecule has 2 aromatic carbocycles. The first-order valence-corrected chi connectivity index (χ1v) is 8.53. The van der Waals surface area contributed by atoms with Crippen LogP contribution in [0.2, 0.25) is 0 Å². The molecule has 0 spiro atoms. The molecule has 3 aromatic rings. The molecule has 112 valence electrons. The summed E-state index contributed by atoms with van der Waals surface area (Å²) >= 11 is 2.57. The number of carbonyl (C=O) groups excluding carboxylic acids is 2. The highest BCUT2D eigenvalue weighted by atomic mass is 32.2. The second-order valence-electron chi connectivity index (χ2n) is 4.96. The number of rotatable bonds is 2. The number of carbonyl (C=O) groups is 2. The van der Waals surface area contributed by atoms with Crippen LogP contribution in [0.25, 0.3) is 26.9 Å². The molecule has 1 fully saturated rings. The minimum absolute atomic E-state index is 0.327. The van der Waals surface area contributed by atoms with E-state index in [1.54, 1.807) is 17.4 Å². The maximum absolute atomic E-state index is 11.5. The van der Waals surface area contributed by atoms with Crippen molar-refractivity contribution in [3.63, 3.8) is 0 Å². The summed E-state index contributed by atoms with van der Waals surface area (Å²) in [7, 11) is 0. The third-order valence-corrected chi connectivity index (χ3v) is 5.29. The minimum atomic E-state index is -0.338. The number of thioether (sulfide) groups is 1. The number of imide groups is 1. The fourth-order valence-corrected chi connectivity index (χ4v) is 3.94. The first-order chi connectivity index (χ1) is 11.2. The molecule has 2 amide bonds. The van der Waals surface area contributed by atoms with Crippen LogP contribution in [0.3, 0.4) is 0 Å². The van der Waals surface area contributed by atoms with Crippen LogP contribution in [-0.4, -0.2) is 16.1 Å². The molecule has 1 aliphatic heterocycles. The van der Waals surface area contributed by atoms with Gasteiger partial charge in [0.05, 0.1) is 15.1 Å². The molecule has 0 radical (unpaired) electrons. The van der Waals surface area contributed by atoms with Gasteiger partial charge in [0.25, 0.3) is 11.1 Å². The second kappa shape index (κ2) is 5.64. The molecule has 1 N–H and O–H groups in total. The molecule has 1 aliphatic rings. The van der Waals surface area contributed by atoms with E-state index >= 15 is 0 Å². The number of benzene rings is 2. The molecule has 2 heterocycles. The summed E-state index contributed by atoms with van der Waals surface area (Å²) in [6.07, 6.45) is 1.72. The Balaban J connectivity index is 1.64. The Labute approximate surface area is 140 Å². The lowest BCUT2D eigenvalue weighted by molar-refractivity contribution is -0.115. The molecule has 0 aliphatic carbocycles. The summed E-state index contributed by atoms with van der Waals surface area (Å²) in [6, 6.07) is 15.8. The SMILES string of the molecule is O=C1NC(=O)/C(=C\c2ccc(-c3nc4ccccc4s3)cc2)S1. The Bertz CT molecular complexity index is 925. The van der Waals surface area contributed by atoms with Crippen molar-refractivity contribution < 1.29 is 9.59 Å². The number of hydrogen-bond acceptors (Lipinski definition) is 5. The molecular weight excluding hydrogens is 328 g/mol. The molecule has 0 bridgehead atoms. The molecule has 0 saturated carbocycles. The van der Waals surface area contributed by atoms with Crippen LogP contribution < -0.4 is 5.32 Å². The number of fused-ring (bicyclic) bond motifs is 1. The molecule has 4 rings (SSSR count). The average molecular weight is 338 g/mol. The Morgan fingerprint density at radius 1 is 1.00 bits per heavy atom. The summed E-state index contributed by atoms with van der Waals surface area (Å²) in [4.78, 5) is 27.8. The molecule has 23 heavy (non-hydrogen) atoms. The van der Waals surface area contributed by atoms with Gasteiger partial charge in [-0.1, -0.05) is 36.4 Å². The number of nitrogens with zero attached hydrogens (tertiary/aromatic N) is 1. The number of nitrogens with one attached hydrogen (secondary N) is 1. The zero-order valence-corrected chi connectivity index (χ0v) is 13.4. The standard InChI is InChI=1S/C17H10N2O2S2/c20-15-14(23-17(21)19-15)9-10-5-7-11(8-6-10)16-18-12-3-1-2-4-13(12)22-16/h1-9H,(H,19,20,21)/b14-9+. The minimum Gasteiger partial charge on any atom is -0.282 e. The Hall–Kier alpha value is -2.44. The third-order valence-electron chi connectivity index (χ3n) is 3.39. The van der Waals surface area contributed by atoms with Crippen molar-refractivity contribution in [2.45, 2.75) is 0 Å². The first kappa shape index (κ1) is 14.2. The third kappa shape index (κ3) is 2.78.